The van der Waals surface area contributed by atoms with Crippen LogP contribution in [0, 0.1) is 11.6 Å². The van der Waals surface area contributed by atoms with Gasteiger partial charge in [-0.3, -0.25) is 4.90 Å². The number of aromatic hydroxyl groups is 2. The van der Waals surface area contributed by atoms with Crippen molar-refractivity contribution in [2.24, 2.45) is 0 Å². The Labute approximate surface area is 177 Å². The fourth-order valence-corrected chi connectivity index (χ4v) is 3.48. The molecular weight excluding hydrogens is 408 g/mol. The van der Waals surface area contributed by atoms with Crippen LogP contribution < -0.4 is 4.84 Å². The average molecular weight is 429 g/mol. The third kappa shape index (κ3) is 4.61. The second-order valence-corrected chi connectivity index (χ2v) is 7.28. The Morgan fingerprint density at radius 1 is 0.903 bits per heavy atom. The first kappa shape index (κ1) is 20.7. The summed E-state index contributed by atoms with van der Waals surface area (Å²) in [5.74, 6) is -1.52. The molecule has 1 aromatic heterocycles. The minimum absolute atomic E-state index is 0.352. The van der Waals surface area contributed by atoms with Gasteiger partial charge in [0.2, 0.25) is 11.8 Å². The maximum Gasteiger partial charge on any atom is 0.434 e. The Kier molecular flexibility index (Phi) is 5.77. The van der Waals surface area contributed by atoms with Gasteiger partial charge in [-0.05, 0) is 29.3 Å². The lowest BCUT2D eigenvalue weighted by Gasteiger charge is -2.34. The molecule has 1 aliphatic rings. The summed E-state index contributed by atoms with van der Waals surface area (Å²) in [6.45, 7) is 2.08. The number of piperazine rings is 1. The number of benzene rings is 2. The maximum atomic E-state index is 14.6. The van der Waals surface area contributed by atoms with Gasteiger partial charge in [-0.2, -0.15) is 0 Å². The number of aromatic nitrogens is 1. The molecule has 0 radical (unpaired) electrons. The van der Waals surface area contributed by atoms with Gasteiger partial charge in [0.15, 0.2) is 0 Å². The van der Waals surface area contributed by atoms with Crippen molar-refractivity contribution in [1.29, 1.82) is 0 Å². The highest BCUT2D eigenvalue weighted by Crippen LogP contribution is 2.24. The van der Waals surface area contributed by atoms with Gasteiger partial charge in [-0.15, -0.1) is 4.73 Å². The Hall–Kier alpha value is -3.59. The largest absolute Gasteiger partial charge is 0.492 e. The van der Waals surface area contributed by atoms with Crippen LogP contribution in [0.3, 0.4) is 0 Å². The molecule has 0 atom stereocenters. The predicted molar refractivity (Wildman–Crippen MR) is 108 cm³/mol. The number of hydrogen-bond acceptors (Lipinski definition) is 5. The van der Waals surface area contributed by atoms with Crippen LogP contribution in [0.25, 0.3) is 11.1 Å². The zero-order valence-corrected chi connectivity index (χ0v) is 16.5. The van der Waals surface area contributed by atoms with E-state index in [0.717, 1.165) is 0 Å². The van der Waals surface area contributed by atoms with Crippen molar-refractivity contribution in [2.45, 2.75) is 6.54 Å². The molecule has 0 bridgehead atoms. The molecule has 1 aliphatic heterocycles. The Morgan fingerprint density at radius 3 is 2.23 bits per heavy atom. The van der Waals surface area contributed by atoms with E-state index in [-0.39, 0.29) is 23.4 Å². The molecule has 4 rings (SSSR count). The van der Waals surface area contributed by atoms with Gasteiger partial charge in [0, 0.05) is 50.4 Å². The molecule has 0 unspecified atom stereocenters. The molecule has 2 aromatic carbocycles. The fourth-order valence-electron chi connectivity index (χ4n) is 3.48. The second kappa shape index (κ2) is 8.65. The quantitative estimate of drug-likeness (QED) is 0.666. The summed E-state index contributed by atoms with van der Waals surface area (Å²) in [5, 5.41) is 19.1. The van der Waals surface area contributed by atoms with Crippen molar-refractivity contribution in [2.75, 3.05) is 26.2 Å². The van der Waals surface area contributed by atoms with E-state index in [1.807, 2.05) is 4.90 Å². The molecule has 7 nitrogen and oxygen atoms in total. The molecule has 1 fully saturated rings. The highest BCUT2D eigenvalue weighted by atomic mass is 19.1. The molecule has 1 amide bonds. The molecule has 9 heteroatoms. The van der Waals surface area contributed by atoms with Crippen LogP contribution in [-0.2, 0) is 6.54 Å². The summed E-state index contributed by atoms with van der Waals surface area (Å²) < 4.78 is 28.7. The van der Waals surface area contributed by atoms with E-state index >= 15 is 0 Å². The van der Waals surface area contributed by atoms with Gasteiger partial charge in [0.25, 0.3) is 0 Å². The maximum absolute atomic E-state index is 14.6. The smallest absolute Gasteiger partial charge is 0.434 e. The Bertz CT molecular complexity index is 1070. The lowest BCUT2D eigenvalue weighted by molar-refractivity contribution is 0.0554. The van der Waals surface area contributed by atoms with E-state index in [2.05, 4.69) is 0 Å². The molecule has 0 saturated carbocycles. The molecule has 3 aromatic rings. The zero-order valence-electron chi connectivity index (χ0n) is 16.5. The summed E-state index contributed by atoms with van der Waals surface area (Å²) >= 11 is 0. The summed E-state index contributed by atoms with van der Waals surface area (Å²) in [6.07, 6.45) is -0.702. The highest BCUT2D eigenvalue weighted by Gasteiger charge is 2.24. The van der Waals surface area contributed by atoms with Gasteiger partial charge < -0.3 is 20.0 Å². The fraction of sp³-hybridized carbons (Fsp3) is 0.227. The van der Waals surface area contributed by atoms with E-state index in [4.69, 9.17) is 4.84 Å². The molecule has 0 spiro atoms. The Morgan fingerprint density at radius 2 is 1.58 bits per heavy atom. The molecule has 1 saturated heterocycles. The number of nitrogens with zero attached hydrogens (tertiary/aromatic N) is 3. The summed E-state index contributed by atoms with van der Waals surface area (Å²) in [6, 6.07) is 13.3. The van der Waals surface area contributed by atoms with Crippen LogP contribution >= 0.6 is 0 Å². The van der Waals surface area contributed by atoms with Crippen molar-refractivity contribution in [3.63, 3.8) is 0 Å². The van der Waals surface area contributed by atoms with E-state index in [0.29, 0.717) is 54.1 Å². The number of halogens is 2. The lowest BCUT2D eigenvalue weighted by Crippen LogP contribution is -2.50. The summed E-state index contributed by atoms with van der Waals surface area (Å²) in [4.78, 5) is 20.7. The molecule has 2 heterocycles. The van der Waals surface area contributed by atoms with Crippen LogP contribution in [-0.4, -0.2) is 57.0 Å². The molecule has 162 valence electrons. The first-order valence-electron chi connectivity index (χ1n) is 9.74. The number of hydrogen-bond donors (Lipinski definition) is 2. The van der Waals surface area contributed by atoms with E-state index in [9.17, 15) is 23.8 Å². The zero-order chi connectivity index (χ0) is 22.0. The standard InChI is InChI=1S/C22H21F2N3O4/c23-18-3-1-2-15(12-18)16-4-5-17(19(24)13-16)14-25-8-10-26(11-9-25)22(30)31-27-20(28)6-7-21(27)29/h1-7,12-13,28-29H,8-11,14H2. The topological polar surface area (TPSA) is 78.2 Å². The first-order chi connectivity index (χ1) is 14.9. The van der Waals surface area contributed by atoms with Crippen molar-refractivity contribution in [3.8, 4) is 22.9 Å². The van der Waals surface area contributed by atoms with Crippen molar-refractivity contribution >= 4 is 6.09 Å². The third-order valence-electron chi connectivity index (χ3n) is 5.20. The number of rotatable bonds is 4. The molecule has 2 N–H and O–H groups in total. The van der Waals surface area contributed by atoms with Gasteiger partial charge in [-0.1, -0.05) is 24.3 Å². The van der Waals surface area contributed by atoms with Gasteiger partial charge in [0.1, 0.15) is 11.6 Å². The van der Waals surface area contributed by atoms with Crippen molar-refractivity contribution in [1.82, 2.24) is 14.5 Å². The Balaban J connectivity index is 1.34. The minimum Gasteiger partial charge on any atom is -0.492 e. The molecule has 31 heavy (non-hydrogen) atoms. The van der Waals surface area contributed by atoms with Crippen LogP contribution in [0.5, 0.6) is 11.8 Å². The van der Waals surface area contributed by atoms with E-state index < -0.39 is 6.09 Å². The van der Waals surface area contributed by atoms with Crippen LogP contribution in [0.4, 0.5) is 13.6 Å². The van der Waals surface area contributed by atoms with Crippen molar-refractivity contribution < 1.29 is 28.6 Å². The van der Waals surface area contributed by atoms with E-state index in [1.54, 1.807) is 24.3 Å². The third-order valence-corrected chi connectivity index (χ3v) is 5.20. The average Bonchev–Trinajstić information content (AvgIpc) is 3.07. The van der Waals surface area contributed by atoms with Crippen LogP contribution in [0.2, 0.25) is 0 Å². The predicted octanol–water partition coefficient (Wildman–Crippen LogP) is 3.21. The van der Waals surface area contributed by atoms with Gasteiger partial charge >= 0.3 is 6.09 Å². The SMILES string of the molecule is O=C(On1c(O)ccc1O)N1CCN(Cc2ccc(-c3cccc(F)c3)cc2F)CC1. The van der Waals surface area contributed by atoms with Crippen molar-refractivity contribution in [3.05, 3.63) is 71.8 Å². The minimum atomic E-state index is -0.702. The highest BCUT2D eigenvalue weighted by molar-refractivity contribution is 5.68. The monoisotopic (exact) mass is 429 g/mol. The first-order valence-corrected chi connectivity index (χ1v) is 9.74. The molecular formula is C22H21F2N3O4. The summed E-state index contributed by atoms with van der Waals surface area (Å²) in [5.41, 5.74) is 1.72. The lowest BCUT2D eigenvalue weighted by atomic mass is 10.0. The van der Waals surface area contributed by atoms with Gasteiger partial charge in [0.05, 0.1) is 0 Å². The van der Waals surface area contributed by atoms with Crippen LogP contribution in [0.15, 0.2) is 54.6 Å². The van der Waals surface area contributed by atoms with Crippen LogP contribution in [0.1, 0.15) is 5.56 Å². The number of carbonyl (C=O) groups excluding carboxylic acids is 1. The van der Waals surface area contributed by atoms with Gasteiger partial charge in [-0.25, -0.2) is 13.6 Å². The second-order valence-electron chi connectivity index (χ2n) is 7.28. The normalized spacial score (nSPS) is 14.6. The number of amides is 1. The molecule has 0 aliphatic carbocycles. The van der Waals surface area contributed by atoms with E-state index in [1.165, 1.54) is 35.2 Å². The summed E-state index contributed by atoms with van der Waals surface area (Å²) in [7, 11) is 0. The number of carbonyl (C=O) groups is 1.